The standard InChI is InChI=1S/C5H6F4O5S/c1-2-14-3(10)4(6,7)5(8,9)15(11,12)13/h2H2,1H3,(H,11,12,13)/p-1. The summed E-state index contributed by atoms with van der Waals surface area (Å²) in [4.78, 5) is 10.3. The van der Waals surface area contributed by atoms with Crippen LogP contribution in [0.15, 0.2) is 0 Å². The Balaban J connectivity index is 5.29. The maximum atomic E-state index is 12.5. The summed E-state index contributed by atoms with van der Waals surface area (Å²) in [5.41, 5.74) is 0. The van der Waals surface area contributed by atoms with Gasteiger partial charge in [-0.3, -0.25) is 0 Å². The van der Waals surface area contributed by atoms with E-state index in [1.165, 1.54) is 0 Å². The average Bonchev–Trinajstić information content (AvgIpc) is 2.02. The molecule has 0 aliphatic heterocycles. The number of carbonyl (C=O) groups excluding carboxylic acids is 1. The molecular weight excluding hydrogens is 248 g/mol. The van der Waals surface area contributed by atoms with E-state index in [2.05, 4.69) is 4.74 Å². The molecule has 0 amide bonds. The van der Waals surface area contributed by atoms with Crippen LogP contribution in [0.1, 0.15) is 6.92 Å². The number of ether oxygens (including phenoxy) is 1. The molecule has 0 fully saturated rings. The topological polar surface area (TPSA) is 83.5 Å². The molecule has 5 nitrogen and oxygen atoms in total. The van der Waals surface area contributed by atoms with Crippen molar-refractivity contribution in [2.75, 3.05) is 6.61 Å². The normalized spacial score (nSPS) is 13.7. The van der Waals surface area contributed by atoms with Gasteiger partial charge in [0.1, 0.15) is 0 Å². The molecule has 0 atom stereocenters. The summed E-state index contributed by atoms with van der Waals surface area (Å²) in [5, 5.41) is -6.04. The van der Waals surface area contributed by atoms with Gasteiger partial charge in [-0.25, -0.2) is 13.2 Å². The summed E-state index contributed by atoms with van der Waals surface area (Å²) in [5.74, 6) is -8.47. The summed E-state index contributed by atoms with van der Waals surface area (Å²) in [7, 11) is -6.66. The molecule has 0 N–H and O–H groups in total. The van der Waals surface area contributed by atoms with Crippen molar-refractivity contribution < 1.29 is 40.1 Å². The largest absolute Gasteiger partial charge is 0.743 e. The Morgan fingerprint density at radius 2 is 1.73 bits per heavy atom. The van der Waals surface area contributed by atoms with Gasteiger partial charge in [-0.2, -0.15) is 17.6 Å². The fourth-order valence-corrected chi connectivity index (χ4v) is 0.895. The third-order valence-electron chi connectivity index (χ3n) is 1.21. The predicted molar refractivity (Wildman–Crippen MR) is 36.2 cm³/mol. The van der Waals surface area contributed by atoms with Gasteiger partial charge in [0, 0.05) is 0 Å². The lowest BCUT2D eigenvalue weighted by Gasteiger charge is -2.26. The summed E-state index contributed by atoms with van der Waals surface area (Å²) in [6.45, 7) is 0.376. The first-order valence-corrected chi connectivity index (χ1v) is 4.77. The van der Waals surface area contributed by atoms with E-state index < -0.39 is 33.9 Å². The Morgan fingerprint density at radius 3 is 2.00 bits per heavy atom. The van der Waals surface area contributed by atoms with Crippen LogP contribution in [0.5, 0.6) is 0 Å². The SMILES string of the molecule is CCOC(=O)C(F)(F)C(F)(F)S(=O)(=O)[O-]. The van der Waals surface area contributed by atoms with E-state index in [0.29, 0.717) is 0 Å². The van der Waals surface area contributed by atoms with Gasteiger partial charge in [0.15, 0.2) is 10.1 Å². The number of hydrogen-bond acceptors (Lipinski definition) is 5. The zero-order chi connectivity index (χ0) is 12.5. The molecule has 0 aliphatic rings. The third-order valence-corrected chi connectivity index (χ3v) is 2.10. The predicted octanol–water partition coefficient (Wildman–Crippen LogP) is 0.323. The second-order valence-electron chi connectivity index (χ2n) is 2.27. The minimum atomic E-state index is -6.66. The number of rotatable bonds is 4. The van der Waals surface area contributed by atoms with Gasteiger partial charge in [-0.15, -0.1) is 0 Å². The Morgan fingerprint density at radius 1 is 1.33 bits per heavy atom. The maximum Gasteiger partial charge on any atom is 0.418 e. The van der Waals surface area contributed by atoms with Crippen LogP contribution in [0.3, 0.4) is 0 Å². The van der Waals surface area contributed by atoms with E-state index in [4.69, 9.17) is 0 Å². The molecule has 0 aromatic carbocycles. The summed E-state index contributed by atoms with van der Waals surface area (Å²) >= 11 is 0. The Bertz CT molecular complexity index is 348. The number of halogens is 4. The average molecular weight is 253 g/mol. The van der Waals surface area contributed by atoms with Crippen LogP contribution in [0.4, 0.5) is 17.6 Å². The van der Waals surface area contributed by atoms with E-state index in [0.717, 1.165) is 6.92 Å². The van der Waals surface area contributed by atoms with Crippen LogP contribution < -0.4 is 0 Å². The monoisotopic (exact) mass is 253 g/mol. The number of carbonyl (C=O) groups is 1. The van der Waals surface area contributed by atoms with Gasteiger partial charge >= 0.3 is 17.1 Å². The Kier molecular flexibility index (Phi) is 3.69. The molecule has 0 heterocycles. The fraction of sp³-hybridized carbons (Fsp3) is 0.800. The van der Waals surface area contributed by atoms with Crippen LogP contribution in [0.25, 0.3) is 0 Å². The molecule has 10 heteroatoms. The molecule has 0 spiro atoms. The lowest BCUT2D eigenvalue weighted by atomic mass is 10.3. The van der Waals surface area contributed by atoms with Gasteiger partial charge in [0.2, 0.25) is 0 Å². The molecule has 0 saturated carbocycles. The maximum absolute atomic E-state index is 12.5. The summed E-state index contributed by atoms with van der Waals surface area (Å²) in [6.07, 6.45) is 0. The summed E-state index contributed by atoms with van der Waals surface area (Å²) in [6, 6.07) is 0. The van der Waals surface area contributed by atoms with Gasteiger partial charge in [-0.05, 0) is 6.92 Å². The molecule has 0 radical (unpaired) electrons. The first kappa shape index (κ1) is 14.1. The highest BCUT2D eigenvalue weighted by atomic mass is 32.2. The van der Waals surface area contributed by atoms with Crippen molar-refractivity contribution in [1.82, 2.24) is 0 Å². The highest BCUT2D eigenvalue weighted by molar-refractivity contribution is 7.86. The molecule has 15 heavy (non-hydrogen) atoms. The third kappa shape index (κ3) is 2.37. The minimum absolute atomic E-state index is 0.663. The van der Waals surface area contributed by atoms with Gasteiger partial charge < -0.3 is 9.29 Å². The molecule has 0 unspecified atom stereocenters. The van der Waals surface area contributed by atoms with Crippen LogP contribution in [-0.4, -0.2) is 36.7 Å². The van der Waals surface area contributed by atoms with Crippen molar-refractivity contribution in [2.24, 2.45) is 0 Å². The highest BCUT2D eigenvalue weighted by Crippen LogP contribution is 2.38. The van der Waals surface area contributed by atoms with E-state index >= 15 is 0 Å². The molecule has 0 bridgehead atoms. The van der Waals surface area contributed by atoms with Crippen molar-refractivity contribution in [3.63, 3.8) is 0 Å². The molecule has 0 rings (SSSR count). The number of esters is 1. The van der Waals surface area contributed by atoms with Crippen LogP contribution in [0.2, 0.25) is 0 Å². The Labute approximate surface area is 81.8 Å². The van der Waals surface area contributed by atoms with Gasteiger partial charge in [0.25, 0.3) is 0 Å². The van der Waals surface area contributed by atoms with Crippen molar-refractivity contribution in [1.29, 1.82) is 0 Å². The van der Waals surface area contributed by atoms with Crippen LogP contribution >= 0.6 is 0 Å². The van der Waals surface area contributed by atoms with Crippen molar-refractivity contribution in [2.45, 2.75) is 18.1 Å². The molecular formula is C5H5F4O5S-. The van der Waals surface area contributed by atoms with E-state index in [1.54, 1.807) is 0 Å². The second-order valence-corrected chi connectivity index (χ2v) is 3.69. The zero-order valence-electron chi connectivity index (χ0n) is 7.17. The zero-order valence-corrected chi connectivity index (χ0v) is 7.98. The fourth-order valence-electron chi connectivity index (χ4n) is 0.498. The quantitative estimate of drug-likeness (QED) is 0.409. The lowest BCUT2D eigenvalue weighted by molar-refractivity contribution is -0.204. The van der Waals surface area contributed by atoms with Gasteiger partial charge in [-0.1, -0.05) is 0 Å². The number of alkyl halides is 4. The Hall–Kier alpha value is -0.900. The first-order valence-electron chi connectivity index (χ1n) is 3.36. The van der Waals surface area contributed by atoms with Crippen molar-refractivity contribution in [3.05, 3.63) is 0 Å². The second kappa shape index (κ2) is 3.93. The minimum Gasteiger partial charge on any atom is -0.743 e. The van der Waals surface area contributed by atoms with Crippen LogP contribution in [-0.2, 0) is 19.6 Å². The smallest absolute Gasteiger partial charge is 0.418 e. The molecule has 0 aliphatic carbocycles. The molecule has 0 aromatic rings. The summed E-state index contributed by atoms with van der Waals surface area (Å²) < 4.78 is 82.6. The first-order chi connectivity index (χ1) is 6.48. The lowest BCUT2D eigenvalue weighted by Crippen LogP contribution is -2.52. The molecule has 90 valence electrons. The number of hydrogen-bond donors (Lipinski definition) is 0. The molecule has 0 saturated heterocycles. The van der Waals surface area contributed by atoms with Gasteiger partial charge in [0.05, 0.1) is 6.61 Å². The van der Waals surface area contributed by atoms with Crippen molar-refractivity contribution in [3.8, 4) is 0 Å². The van der Waals surface area contributed by atoms with Crippen molar-refractivity contribution >= 4 is 16.1 Å². The van der Waals surface area contributed by atoms with Crippen LogP contribution in [0, 0.1) is 0 Å². The highest BCUT2D eigenvalue weighted by Gasteiger charge is 2.67. The van der Waals surface area contributed by atoms with E-state index in [9.17, 15) is 35.3 Å². The van der Waals surface area contributed by atoms with E-state index in [1.807, 2.05) is 0 Å². The van der Waals surface area contributed by atoms with E-state index in [-0.39, 0.29) is 0 Å². The molecule has 0 aromatic heterocycles.